The van der Waals surface area contributed by atoms with E-state index in [0.29, 0.717) is 0 Å². The number of benzene rings is 1. The van der Waals surface area contributed by atoms with E-state index in [-0.39, 0.29) is 5.82 Å². The molecule has 2 fully saturated rings. The van der Waals surface area contributed by atoms with Crippen LogP contribution in [0.5, 0.6) is 0 Å². The van der Waals surface area contributed by atoms with Crippen molar-refractivity contribution in [3.8, 4) is 0 Å². The van der Waals surface area contributed by atoms with Gasteiger partial charge in [0.1, 0.15) is 5.82 Å². The third kappa shape index (κ3) is 5.49. The van der Waals surface area contributed by atoms with Crippen LogP contribution in [0.4, 0.5) is 4.39 Å². The van der Waals surface area contributed by atoms with Crippen LogP contribution >= 0.6 is 11.8 Å². The lowest BCUT2D eigenvalue weighted by atomic mass is 9.93. The number of hydrogen-bond donors (Lipinski definition) is 0. The fourth-order valence-corrected chi connectivity index (χ4v) is 5.20. The smallest absolute Gasteiger partial charge is 0.123 e. The van der Waals surface area contributed by atoms with Crippen molar-refractivity contribution in [3.05, 3.63) is 30.1 Å². The number of hydrogen-bond acceptors (Lipinski definition) is 2. The number of thioether (sulfide) groups is 1. The highest BCUT2D eigenvalue weighted by atomic mass is 32.2. The van der Waals surface area contributed by atoms with Gasteiger partial charge in [-0.3, -0.25) is 0 Å². The van der Waals surface area contributed by atoms with Crippen LogP contribution in [0.2, 0.25) is 0 Å². The fraction of sp³-hybridized carbons (Fsp3) is 0.700. The van der Waals surface area contributed by atoms with Crippen molar-refractivity contribution in [2.24, 2.45) is 17.8 Å². The van der Waals surface area contributed by atoms with Crippen LogP contribution in [0.1, 0.15) is 45.4 Å². The maximum Gasteiger partial charge on any atom is 0.123 e. The Hall–Kier alpha value is -0.540. The van der Waals surface area contributed by atoms with Crippen LogP contribution in [0.25, 0.3) is 0 Å². The van der Waals surface area contributed by atoms with E-state index in [2.05, 4.69) is 11.8 Å². The monoisotopic (exact) mass is 335 g/mol. The lowest BCUT2D eigenvalue weighted by molar-refractivity contribution is 0.159. The molecule has 0 amide bonds. The van der Waals surface area contributed by atoms with Gasteiger partial charge in [-0.1, -0.05) is 13.3 Å². The van der Waals surface area contributed by atoms with Gasteiger partial charge in [0, 0.05) is 11.4 Å². The SMILES string of the molecule is CC1CC[C@@H](CN2CCC(CCSc3ccc(F)cc3)CC2)C1. The van der Waals surface area contributed by atoms with Gasteiger partial charge in [0.15, 0.2) is 0 Å². The second-order valence-corrected chi connectivity index (χ2v) is 8.79. The molecular weight excluding hydrogens is 305 g/mol. The van der Waals surface area contributed by atoms with Gasteiger partial charge in [0.2, 0.25) is 0 Å². The van der Waals surface area contributed by atoms with E-state index >= 15 is 0 Å². The van der Waals surface area contributed by atoms with E-state index in [0.717, 1.165) is 23.5 Å². The van der Waals surface area contributed by atoms with E-state index in [4.69, 9.17) is 0 Å². The molecule has 3 rings (SSSR count). The maximum atomic E-state index is 12.9. The Morgan fingerprint density at radius 2 is 1.78 bits per heavy atom. The quantitative estimate of drug-likeness (QED) is 0.635. The molecule has 1 aliphatic carbocycles. The Labute approximate surface area is 145 Å². The molecule has 0 N–H and O–H groups in total. The zero-order valence-electron chi connectivity index (χ0n) is 14.3. The first kappa shape index (κ1) is 17.3. The third-order valence-electron chi connectivity index (χ3n) is 5.64. The molecule has 0 bridgehead atoms. The molecule has 1 saturated carbocycles. The highest BCUT2D eigenvalue weighted by Gasteiger charge is 2.25. The summed E-state index contributed by atoms with van der Waals surface area (Å²) in [6.07, 6.45) is 8.39. The Bertz CT molecular complexity index is 467. The minimum atomic E-state index is -0.140. The van der Waals surface area contributed by atoms with Gasteiger partial charge in [0.25, 0.3) is 0 Å². The molecular formula is C20H30FNS. The molecule has 1 saturated heterocycles. The standard InChI is InChI=1S/C20H30FNS/c1-16-2-3-18(14-16)15-22-11-8-17(9-12-22)10-13-23-20-6-4-19(21)5-7-20/h4-7,16-18H,2-3,8-15H2,1H3/t16?,18-/m1/s1. The molecule has 2 atom stereocenters. The first-order valence-corrected chi connectivity index (χ1v) is 10.3. The van der Waals surface area contributed by atoms with Crippen LogP contribution in [-0.4, -0.2) is 30.3 Å². The Balaban J connectivity index is 1.30. The molecule has 1 aromatic rings. The highest BCUT2D eigenvalue weighted by Crippen LogP contribution is 2.32. The molecule has 128 valence electrons. The van der Waals surface area contributed by atoms with Gasteiger partial charge in [0.05, 0.1) is 0 Å². The van der Waals surface area contributed by atoms with Crippen LogP contribution in [-0.2, 0) is 0 Å². The number of nitrogens with zero attached hydrogens (tertiary/aromatic N) is 1. The van der Waals surface area contributed by atoms with Crippen molar-refractivity contribution in [3.63, 3.8) is 0 Å². The topological polar surface area (TPSA) is 3.24 Å². The highest BCUT2D eigenvalue weighted by molar-refractivity contribution is 7.99. The molecule has 0 aromatic heterocycles. The van der Waals surface area contributed by atoms with Gasteiger partial charge in [-0.25, -0.2) is 4.39 Å². The van der Waals surface area contributed by atoms with Crippen molar-refractivity contribution in [2.45, 2.75) is 50.3 Å². The van der Waals surface area contributed by atoms with E-state index < -0.39 is 0 Å². The van der Waals surface area contributed by atoms with Crippen LogP contribution < -0.4 is 0 Å². The number of halogens is 1. The second-order valence-electron chi connectivity index (χ2n) is 7.62. The molecule has 0 radical (unpaired) electrons. The maximum absolute atomic E-state index is 12.9. The minimum absolute atomic E-state index is 0.140. The molecule has 1 heterocycles. The summed E-state index contributed by atoms with van der Waals surface area (Å²) >= 11 is 1.87. The lowest BCUT2D eigenvalue weighted by Gasteiger charge is -2.33. The second kappa shape index (κ2) is 8.53. The average molecular weight is 336 g/mol. The van der Waals surface area contributed by atoms with Gasteiger partial charge < -0.3 is 4.90 Å². The molecule has 23 heavy (non-hydrogen) atoms. The summed E-state index contributed by atoms with van der Waals surface area (Å²) in [7, 11) is 0. The van der Waals surface area contributed by atoms with Gasteiger partial charge in [-0.15, -0.1) is 11.8 Å². The Morgan fingerprint density at radius 1 is 1.04 bits per heavy atom. The summed E-state index contributed by atoms with van der Waals surface area (Å²) < 4.78 is 12.9. The largest absolute Gasteiger partial charge is 0.303 e. The van der Waals surface area contributed by atoms with Crippen molar-refractivity contribution in [1.82, 2.24) is 4.90 Å². The van der Waals surface area contributed by atoms with Gasteiger partial charge >= 0.3 is 0 Å². The van der Waals surface area contributed by atoms with Crippen LogP contribution in [0.15, 0.2) is 29.2 Å². The Kier molecular flexibility index (Phi) is 6.41. The van der Waals surface area contributed by atoms with Crippen molar-refractivity contribution >= 4 is 11.8 Å². The summed E-state index contributed by atoms with van der Waals surface area (Å²) in [5.41, 5.74) is 0. The molecule has 2 aliphatic rings. The summed E-state index contributed by atoms with van der Waals surface area (Å²) in [6, 6.07) is 6.91. The molecule has 1 aliphatic heterocycles. The molecule has 3 heteroatoms. The summed E-state index contributed by atoms with van der Waals surface area (Å²) in [5, 5.41) is 0. The zero-order chi connectivity index (χ0) is 16.1. The normalized spacial score (nSPS) is 26.7. The lowest BCUT2D eigenvalue weighted by Crippen LogP contribution is -2.36. The van der Waals surface area contributed by atoms with E-state index in [1.165, 1.54) is 63.1 Å². The number of piperidine rings is 1. The fourth-order valence-electron chi connectivity index (χ4n) is 4.19. The van der Waals surface area contributed by atoms with Gasteiger partial charge in [-0.2, -0.15) is 0 Å². The molecule has 1 nitrogen and oxygen atoms in total. The molecule has 0 spiro atoms. The first-order valence-electron chi connectivity index (χ1n) is 9.30. The van der Waals surface area contributed by atoms with Crippen molar-refractivity contribution in [1.29, 1.82) is 0 Å². The van der Waals surface area contributed by atoms with Crippen molar-refractivity contribution < 1.29 is 4.39 Å². The van der Waals surface area contributed by atoms with Crippen molar-refractivity contribution in [2.75, 3.05) is 25.4 Å². The van der Waals surface area contributed by atoms with Gasteiger partial charge in [-0.05, 0) is 93.0 Å². The van der Waals surface area contributed by atoms with E-state index in [1.807, 2.05) is 23.9 Å². The predicted molar refractivity (Wildman–Crippen MR) is 97.4 cm³/mol. The summed E-state index contributed by atoms with van der Waals surface area (Å²) in [4.78, 5) is 3.91. The van der Waals surface area contributed by atoms with E-state index in [1.54, 1.807) is 12.1 Å². The first-order chi connectivity index (χ1) is 11.2. The third-order valence-corrected chi connectivity index (χ3v) is 6.68. The minimum Gasteiger partial charge on any atom is -0.303 e. The number of rotatable bonds is 6. The van der Waals surface area contributed by atoms with Crippen LogP contribution in [0.3, 0.4) is 0 Å². The summed E-state index contributed by atoms with van der Waals surface area (Å²) in [5.74, 6) is 3.84. The van der Waals surface area contributed by atoms with Crippen LogP contribution in [0, 0.1) is 23.6 Å². The summed E-state index contributed by atoms with van der Waals surface area (Å²) in [6.45, 7) is 6.36. The molecule has 1 aromatic carbocycles. The average Bonchev–Trinajstić information content (AvgIpc) is 2.96. The number of likely N-dealkylation sites (tertiary alicyclic amines) is 1. The van der Waals surface area contributed by atoms with E-state index in [9.17, 15) is 4.39 Å². The zero-order valence-corrected chi connectivity index (χ0v) is 15.2. The predicted octanol–water partition coefficient (Wildman–Crippen LogP) is 5.46. The molecule has 1 unspecified atom stereocenters. The Morgan fingerprint density at radius 3 is 2.43 bits per heavy atom.